The Morgan fingerprint density at radius 2 is 1.93 bits per heavy atom. The minimum Gasteiger partial charge on any atom is -0.379 e. The van der Waals surface area contributed by atoms with E-state index in [-0.39, 0.29) is 0 Å². The number of rotatable bonds is 7. The van der Waals surface area contributed by atoms with Gasteiger partial charge in [-0.1, -0.05) is 24.3 Å². The number of benzene rings is 1. The second kappa shape index (κ2) is 10.5. The monoisotopic (exact) mass is 401 g/mol. The van der Waals surface area contributed by atoms with E-state index in [0.717, 1.165) is 56.1 Å². The molecular formula is C21H31N5OS. The van der Waals surface area contributed by atoms with Gasteiger partial charge >= 0.3 is 0 Å². The number of aryl methyl sites for hydroxylation is 2. The van der Waals surface area contributed by atoms with Crippen LogP contribution in [0.15, 0.2) is 29.3 Å². The Labute approximate surface area is 172 Å². The van der Waals surface area contributed by atoms with Gasteiger partial charge in [0.15, 0.2) is 5.96 Å². The van der Waals surface area contributed by atoms with Gasteiger partial charge in [-0.2, -0.15) is 0 Å². The van der Waals surface area contributed by atoms with Crippen molar-refractivity contribution in [2.75, 3.05) is 32.8 Å². The molecule has 2 aromatic rings. The molecule has 0 aliphatic carbocycles. The van der Waals surface area contributed by atoms with Crippen LogP contribution in [0.25, 0.3) is 0 Å². The van der Waals surface area contributed by atoms with E-state index in [0.29, 0.717) is 13.1 Å². The fraction of sp³-hybridized carbons (Fsp3) is 0.524. The molecule has 1 saturated heterocycles. The average Bonchev–Trinajstić information content (AvgIpc) is 3.03. The molecule has 1 aliphatic rings. The lowest BCUT2D eigenvalue weighted by Crippen LogP contribution is -2.37. The number of aliphatic imine (C=N–C) groups is 1. The summed E-state index contributed by atoms with van der Waals surface area (Å²) < 4.78 is 5.46. The van der Waals surface area contributed by atoms with Crippen LogP contribution in [0.4, 0.5) is 0 Å². The molecule has 7 heteroatoms. The summed E-state index contributed by atoms with van der Waals surface area (Å²) >= 11 is 1.74. The number of hydrogen-bond donors (Lipinski definition) is 2. The molecule has 3 rings (SSSR count). The van der Waals surface area contributed by atoms with Gasteiger partial charge in [-0.15, -0.1) is 11.3 Å². The highest BCUT2D eigenvalue weighted by Gasteiger charge is 2.12. The van der Waals surface area contributed by atoms with Gasteiger partial charge in [0.1, 0.15) is 5.01 Å². The molecule has 1 aromatic carbocycles. The Bertz CT molecular complexity index is 763. The molecule has 1 fully saturated rings. The highest BCUT2D eigenvalue weighted by molar-refractivity contribution is 7.11. The molecule has 2 N–H and O–H groups in total. The largest absolute Gasteiger partial charge is 0.379 e. The van der Waals surface area contributed by atoms with Crippen molar-refractivity contribution in [3.05, 3.63) is 51.0 Å². The van der Waals surface area contributed by atoms with Crippen LogP contribution >= 0.6 is 11.3 Å². The van der Waals surface area contributed by atoms with Gasteiger partial charge in [-0.25, -0.2) is 9.98 Å². The zero-order valence-corrected chi connectivity index (χ0v) is 17.9. The molecule has 0 bridgehead atoms. The van der Waals surface area contributed by atoms with Crippen molar-refractivity contribution in [2.24, 2.45) is 4.99 Å². The van der Waals surface area contributed by atoms with Crippen LogP contribution < -0.4 is 10.6 Å². The third-order valence-corrected chi connectivity index (χ3v) is 5.92. The molecule has 1 aromatic heterocycles. The van der Waals surface area contributed by atoms with E-state index >= 15 is 0 Å². The van der Waals surface area contributed by atoms with Crippen molar-refractivity contribution in [3.63, 3.8) is 0 Å². The van der Waals surface area contributed by atoms with Crippen molar-refractivity contribution in [3.8, 4) is 0 Å². The lowest BCUT2D eigenvalue weighted by molar-refractivity contribution is 0.0341. The van der Waals surface area contributed by atoms with Crippen LogP contribution in [0.3, 0.4) is 0 Å². The maximum Gasteiger partial charge on any atom is 0.191 e. The van der Waals surface area contributed by atoms with Crippen molar-refractivity contribution < 1.29 is 4.74 Å². The zero-order valence-electron chi connectivity index (χ0n) is 17.1. The molecule has 1 aliphatic heterocycles. The summed E-state index contributed by atoms with van der Waals surface area (Å²) in [6.07, 6.45) is 0. The number of nitrogens with one attached hydrogen (secondary N) is 2. The summed E-state index contributed by atoms with van der Waals surface area (Å²) in [6, 6.07) is 8.59. The van der Waals surface area contributed by atoms with Gasteiger partial charge in [-0.3, -0.25) is 4.90 Å². The topological polar surface area (TPSA) is 61.8 Å². The minimum atomic E-state index is 0.659. The Morgan fingerprint density at radius 1 is 1.18 bits per heavy atom. The second-order valence-electron chi connectivity index (χ2n) is 6.96. The highest BCUT2D eigenvalue weighted by Crippen LogP contribution is 2.16. The van der Waals surface area contributed by atoms with E-state index in [2.05, 4.69) is 65.6 Å². The van der Waals surface area contributed by atoms with Crippen LogP contribution in [0.2, 0.25) is 0 Å². The van der Waals surface area contributed by atoms with E-state index in [1.54, 1.807) is 11.3 Å². The molecule has 0 radical (unpaired) electrons. The molecule has 0 amide bonds. The summed E-state index contributed by atoms with van der Waals surface area (Å²) in [4.78, 5) is 13.1. The average molecular weight is 402 g/mol. The third kappa shape index (κ3) is 6.02. The summed E-state index contributed by atoms with van der Waals surface area (Å²) in [7, 11) is 0. The van der Waals surface area contributed by atoms with Crippen LogP contribution in [-0.4, -0.2) is 48.7 Å². The highest BCUT2D eigenvalue weighted by atomic mass is 32.1. The summed E-state index contributed by atoms with van der Waals surface area (Å²) in [5, 5.41) is 7.83. The van der Waals surface area contributed by atoms with E-state index in [9.17, 15) is 0 Å². The Hall–Kier alpha value is -1.96. The quantitative estimate of drug-likeness (QED) is 0.552. The van der Waals surface area contributed by atoms with Gasteiger partial charge in [0.25, 0.3) is 0 Å². The number of nitrogens with zero attached hydrogens (tertiary/aromatic N) is 3. The standard InChI is InChI=1S/C21H31N5OS/c1-4-22-21(24-14-20-25-16(2)17(3)28-20)23-13-18-7-5-6-8-19(18)15-26-9-11-27-12-10-26/h5-8H,4,9-15H2,1-3H3,(H2,22,23,24). The maximum atomic E-state index is 5.46. The van der Waals surface area contributed by atoms with E-state index in [1.807, 2.05) is 0 Å². The minimum absolute atomic E-state index is 0.659. The predicted molar refractivity (Wildman–Crippen MR) is 116 cm³/mol. The Kier molecular flexibility index (Phi) is 7.82. The molecule has 6 nitrogen and oxygen atoms in total. The van der Waals surface area contributed by atoms with Crippen LogP contribution in [0.1, 0.15) is 33.6 Å². The lowest BCUT2D eigenvalue weighted by Gasteiger charge is -2.27. The molecule has 2 heterocycles. The first-order valence-corrected chi connectivity index (χ1v) is 10.8. The van der Waals surface area contributed by atoms with Gasteiger partial charge in [0.2, 0.25) is 0 Å². The number of guanidine groups is 1. The molecule has 0 saturated carbocycles. The fourth-order valence-corrected chi connectivity index (χ4v) is 4.02. The summed E-state index contributed by atoms with van der Waals surface area (Å²) in [5.74, 6) is 0.828. The van der Waals surface area contributed by atoms with E-state index in [4.69, 9.17) is 9.73 Å². The second-order valence-corrected chi connectivity index (χ2v) is 8.24. The molecule has 28 heavy (non-hydrogen) atoms. The number of aromatic nitrogens is 1. The van der Waals surface area contributed by atoms with Gasteiger partial charge in [-0.05, 0) is 31.9 Å². The first-order valence-electron chi connectivity index (χ1n) is 9.97. The van der Waals surface area contributed by atoms with E-state index in [1.165, 1.54) is 16.0 Å². The Balaban J connectivity index is 1.63. The normalized spacial score (nSPS) is 15.6. The number of ether oxygens (including phenoxy) is 1. The number of hydrogen-bond acceptors (Lipinski definition) is 5. The smallest absolute Gasteiger partial charge is 0.191 e. The van der Waals surface area contributed by atoms with Crippen LogP contribution in [-0.2, 0) is 24.4 Å². The number of thiazole rings is 1. The fourth-order valence-electron chi connectivity index (χ4n) is 3.15. The van der Waals surface area contributed by atoms with Gasteiger partial charge < -0.3 is 15.4 Å². The van der Waals surface area contributed by atoms with Gasteiger partial charge in [0, 0.05) is 31.1 Å². The SMILES string of the molecule is CCNC(=NCc1ccccc1CN1CCOCC1)NCc1nc(C)c(C)s1. The van der Waals surface area contributed by atoms with Gasteiger partial charge in [0.05, 0.1) is 32.0 Å². The molecule has 0 spiro atoms. The first-order chi connectivity index (χ1) is 13.7. The maximum absolute atomic E-state index is 5.46. The van der Waals surface area contributed by atoms with Crippen LogP contribution in [0.5, 0.6) is 0 Å². The van der Waals surface area contributed by atoms with Crippen molar-refractivity contribution >= 4 is 17.3 Å². The number of morpholine rings is 1. The lowest BCUT2D eigenvalue weighted by atomic mass is 10.1. The zero-order chi connectivity index (χ0) is 19.8. The van der Waals surface area contributed by atoms with Crippen LogP contribution in [0, 0.1) is 13.8 Å². The molecule has 152 valence electrons. The summed E-state index contributed by atoms with van der Waals surface area (Å²) in [6.45, 7) is 13.0. The molecular weight excluding hydrogens is 370 g/mol. The van der Waals surface area contributed by atoms with Crippen molar-refractivity contribution in [1.82, 2.24) is 20.5 Å². The predicted octanol–water partition coefficient (Wildman–Crippen LogP) is 2.85. The Morgan fingerprint density at radius 3 is 2.61 bits per heavy atom. The molecule has 0 atom stereocenters. The third-order valence-electron chi connectivity index (χ3n) is 4.85. The van der Waals surface area contributed by atoms with Crippen molar-refractivity contribution in [2.45, 2.75) is 40.4 Å². The first kappa shape index (κ1) is 20.8. The summed E-state index contributed by atoms with van der Waals surface area (Å²) in [5.41, 5.74) is 3.73. The van der Waals surface area contributed by atoms with E-state index < -0.39 is 0 Å². The molecule has 0 unspecified atom stereocenters. The van der Waals surface area contributed by atoms with Crippen molar-refractivity contribution in [1.29, 1.82) is 0 Å².